The second kappa shape index (κ2) is 13.9. The Bertz CT molecular complexity index is 697. The van der Waals surface area contributed by atoms with Gasteiger partial charge in [-0.15, -0.1) is 0 Å². The third kappa shape index (κ3) is 9.01. The highest BCUT2D eigenvalue weighted by Gasteiger charge is 2.22. The number of rotatable bonds is 7. The zero-order chi connectivity index (χ0) is 23.3. The van der Waals surface area contributed by atoms with E-state index >= 15 is 0 Å². The van der Waals surface area contributed by atoms with Gasteiger partial charge in [0.15, 0.2) is 0 Å². The lowest BCUT2D eigenvalue weighted by atomic mass is 9.85. The molecule has 0 bridgehead atoms. The average molecular weight is 447 g/mol. The first-order valence-electron chi connectivity index (χ1n) is 12.2. The second-order valence-electron chi connectivity index (χ2n) is 9.54. The van der Waals surface area contributed by atoms with Crippen LogP contribution in [0.1, 0.15) is 88.0 Å². The van der Waals surface area contributed by atoms with Crippen molar-refractivity contribution < 1.29 is 9.59 Å². The van der Waals surface area contributed by atoms with E-state index in [0.29, 0.717) is 11.7 Å². The lowest BCUT2D eigenvalue weighted by Crippen LogP contribution is -2.38. The summed E-state index contributed by atoms with van der Waals surface area (Å²) in [6, 6.07) is 1.75. The van der Waals surface area contributed by atoms with E-state index in [0.717, 1.165) is 37.5 Å². The monoisotopic (exact) mass is 446 g/mol. The van der Waals surface area contributed by atoms with Crippen molar-refractivity contribution >= 4 is 18.2 Å². The Morgan fingerprint density at radius 1 is 1.25 bits per heavy atom. The third-order valence-corrected chi connectivity index (χ3v) is 6.58. The van der Waals surface area contributed by atoms with Crippen molar-refractivity contribution in [2.24, 2.45) is 22.6 Å². The molecule has 0 aromatic carbocycles. The van der Waals surface area contributed by atoms with Gasteiger partial charge in [-0.3, -0.25) is 19.7 Å². The summed E-state index contributed by atoms with van der Waals surface area (Å²) in [5.74, 6) is 1.54. The first-order valence-corrected chi connectivity index (χ1v) is 12.2. The van der Waals surface area contributed by atoms with Crippen LogP contribution in [0.2, 0.25) is 0 Å². The minimum absolute atomic E-state index is 0.0356. The lowest BCUT2D eigenvalue weighted by Gasteiger charge is -2.27. The Balaban J connectivity index is 0.000000228. The Kier molecular flexibility index (Phi) is 11.2. The average Bonchev–Trinajstić information content (AvgIpc) is 3.32. The summed E-state index contributed by atoms with van der Waals surface area (Å²) in [5, 5.41) is 9.48. The Hall–Kier alpha value is -2.38. The van der Waals surface area contributed by atoms with Crippen LogP contribution >= 0.6 is 0 Å². The SMILES string of the molecule is CC1CCCC(NC(=O)c2ccn[nH]2)C1.CN(C)C(=O)C(CCC1CCCCC1)N=CN. The number of hydrogen-bond acceptors (Lipinski definition) is 4. The molecule has 2 amide bonds. The van der Waals surface area contributed by atoms with Gasteiger partial charge in [0.1, 0.15) is 11.7 Å². The first kappa shape index (κ1) is 25.9. The van der Waals surface area contributed by atoms with E-state index in [2.05, 4.69) is 27.4 Å². The van der Waals surface area contributed by atoms with Crippen molar-refractivity contribution in [1.29, 1.82) is 0 Å². The number of amides is 2. The number of aromatic amines is 1. The lowest BCUT2D eigenvalue weighted by molar-refractivity contribution is -0.130. The predicted molar refractivity (Wildman–Crippen MR) is 128 cm³/mol. The summed E-state index contributed by atoms with van der Waals surface area (Å²) in [7, 11) is 3.53. The maximum atomic E-state index is 11.9. The van der Waals surface area contributed by atoms with Crippen molar-refractivity contribution in [1.82, 2.24) is 20.4 Å². The quantitative estimate of drug-likeness (QED) is 0.439. The van der Waals surface area contributed by atoms with E-state index in [-0.39, 0.29) is 17.9 Å². The summed E-state index contributed by atoms with van der Waals surface area (Å²) >= 11 is 0. The largest absolute Gasteiger partial charge is 0.390 e. The summed E-state index contributed by atoms with van der Waals surface area (Å²) in [5.41, 5.74) is 5.86. The van der Waals surface area contributed by atoms with Crippen molar-refractivity contribution in [3.05, 3.63) is 18.0 Å². The van der Waals surface area contributed by atoms with E-state index in [1.165, 1.54) is 51.3 Å². The van der Waals surface area contributed by atoms with Crippen molar-refractivity contribution in [2.75, 3.05) is 14.1 Å². The molecule has 2 aliphatic carbocycles. The molecule has 180 valence electrons. The molecule has 0 saturated heterocycles. The molecule has 1 heterocycles. The van der Waals surface area contributed by atoms with Crippen LogP contribution in [0.4, 0.5) is 0 Å². The predicted octanol–water partition coefficient (Wildman–Crippen LogP) is 3.51. The molecule has 32 heavy (non-hydrogen) atoms. The highest BCUT2D eigenvalue weighted by molar-refractivity contribution is 5.92. The number of carbonyl (C=O) groups is 2. The van der Waals surface area contributed by atoms with Gasteiger partial charge in [0.2, 0.25) is 5.91 Å². The number of nitrogens with two attached hydrogens (primary N) is 1. The summed E-state index contributed by atoms with van der Waals surface area (Å²) in [6.07, 6.45) is 16.2. The maximum absolute atomic E-state index is 11.9. The van der Waals surface area contributed by atoms with E-state index in [9.17, 15) is 9.59 Å². The standard InChI is InChI=1S/C13H25N3O.C11H17N3O/c1-16(2)13(17)12(15-10-14)9-8-11-6-4-3-5-7-11;1-8-3-2-4-9(7-8)13-11(15)10-5-6-12-14-10/h10-12H,3-9H2,1-2H3,(H2,14,15);5-6,8-9H,2-4,7H2,1H3,(H,12,14)(H,13,15). The fourth-order valence-corrected chi connectivity index (χ4v) is 4.74. The Morgan fingerprint density at radius 3 is 2.59 bits per heavy atom. The van der Waals surface area contributed by atoms with Gasteiger partial charge in [0, 0.05) is 26.3 Å². The molecule has 3 atom stereocenters. The third-order valence-electron chi connectivity index (χ3n) is 6.58. The molecule has 4 N–H and O–H groups in total. The van der Waals surface area contributed by atoms with Gasteiger partial charge < -0.3 is 16.0 Å². The zero-order valence-electron chi connectivity index (χ0n) is 20.1. The smallest absolute Gasteiger partial charge is 0.269 e. The first-order chi connectivity index (χ1) is 15.4. The number of carbonyl (C=O) groups excluding carboxylic acids is 2. The number of nitrogens with one attached hydrogen (secondary N) is 2. The molecule has 0 aliphatic heterocycles. The Morgan fingerprint density at radius 2 is 2.00 bits per heavy atom. The van der Waals surface area contributed by atoms with Crippen LogP contribution in [0, 0.1) is 11.8 Å². The minimum Gasteiger partial charge on any atom is -0.390 e. The van der Waals surface area contributed by atoms with Gasteiger partial charge in [0.25, 0.3) is 5.91 Å². The Labute approximate surface area is 192 Å². The van der Waals surface area contributed by atoms with Crippen LogP contribution < -0.4 is 11.1 Å². The normalized spacial score (nSPS) is 22.6. The van der Waals surface area contributed by atoms with Gasteiger partial charge in [-0.05, 0) is 43.6 Å². The maximum Gasteiger partial charge on any atom is 0.269 e. The number of hydrogen-bond donors (Lipinski definition) is 3. The van der Waals surface area contributed by atoms with Gasteiger partial charge in [-0.25, -0.2) is 0 Å². The molecule has 2 saturated carbocycles. The van der Waals surface area contributed by atoms with Crippen LogP contribution in [0.25, 0.3) is 0 Å². The van der Waals surface area contributed by atoms with Crippen LogP contribution in [0.15, 0.2) is 17.3 Å². The molecule has 1 aromatic heterocycles. The van der Waals surface area contributed by atoms with Crippen molar-refractivity contribution in [2.45, 2.75) is 89.6 Å². The highest BCUT2D eigenvalue weighted by Crippen LogP contribution is 2.28. The number of nitrogens with zero attached hydrogens (tertiary/aromatic N) is 3. The number of H-pyrrole nitrogens is 1. The number of aromatic nitrogens is 2. The van der Waals surface area contributed by atoms with Crippen LogP contribution in [0.5, 0.6) is 0 Å². The fraction of sp³-hybridized carbons (Fsp3) is 0.750. The molecule has 8 nitrogen and oxygen atoms in total. The second-order valence-corrected chi connectivity index (χ2v) is 9.54. The van der Waals surface area contributed by atoms with Crippen LogP contribution in [-0.2, 0) is 4.79 Å². The highest BCUT2D eigenvalue weighted by atomic mass is 16.2. The molecule has 2 aliphatic rings. The van der Waals surface area contributed by atoms with Crippen LogP contribution in [0.3, 0.4) is 0 Å². The minimum atomic E-state index is -0.281. The van der Waals surface area contributed by atoms with E-state index < -0.39 is 0 Å². The van der Waals surface area contributed by atoms with Crippen molar-refractivity contribution in [3.8, 4) is 0 Å². The van der Waals surface area contributed by atoms with Gasteiger partial charge in [0.05, 0.1) is 6.34 Å². The van der Waals surface area contributed by atoms with Gasteiger partial charge >= 0.3 is 0 Å². The summed E-state index contributed by atoms with van der Waals surface area (Å²) in [6.45, 7) is 2.24. The summed E-state index contributed by atoms with van der Waals surface area (Å²) in [4.78, 5) is 29.2. The van der Waals surface area contributed by atoms with Crippen molar-refractivity contribution in [3.63, 3.8) is 0 Å². The number of likely N-dealkylation sites (N-methyl/N-ethyl adjacent to an activating group) is 1. The van der Waals surface area contributed by atoms with E-state index in [1.807, 2.05) is 0 Å². The van der Waals surface area contributed by atoms with E-state index in [4.69, 9.17) is 5.73 Å². The van der Waals surface area contributed by atoms with Gasteiger partial charge in [-0.1, -0.05) is 51.9 Å². The molecule has 0 spiro atoms. The summed E-state index contributed by atoms with van der Waals surface area (Å²) < 4.78 is 0. The molecule has 3 unspecified atom stereocenters. The molecule has 0 radical (unpaired) electrons. The van der Waals surface area contributed by atoms with Gasteiger partial charge in [-0.2, -0.15) is 5.10 Å². The van der Waals surface area contributed by atoms with Crippen LogP contribution in [-0.4, -0.2) is 59.4 Å². The van der Waals surface area contributed by atoms with E-state index in [1.54, 1.807) is 31.3 Å². The molecule has 3 rings (SSSR count). The molecule has 1 aromatic rings. The molecule has 8 heteroatoms. The zero-order valence-corrected chi connectivity index (χ0v) is 20.1. The topological polar surface area (TPSA) is 116 Å². The fourth-order valence-electron chi connectivity index (χ4n) is 4.74. The molecule has 2 fully saturated rings. The molecular weight excluding hydrogens is 404 g/mol. The molecular formula is C24H42N6O2. The number of aliphatic imine (C=N–C) groups is 1.